The van der Waals surface area contributed by atoms with E-state index in [1.165, 1.54) is 25.7 Å². The van der Waals surface area contributed by atoms with Crippen molar-refractivity contribution in [3.8, 4) is 0 Å². The Kier molecular flexibility index (Phi) is 5.82. The largest absolute Gasteiger partial charge is 0.352 e. The lowest BCUT2D eigenvalue weighted by Gasteiger charge is -2.31. The molecule has 2 amide bonds. The summed E-state index contributed by atoms with van der Waals surface area (Å²) in [5, 5.41) is 0. The van der Waals surface area contributed by atoms with Gasteiger partial charge in [0.2, 0.25) is 11.8 Å². The van der Waals surface area contributed by atoms with Crippen LogP contribution in [0.2, 0.25) is 0 Å². The topological polar surface area (TPSA) is 59.1 Å². The van der Waals surface area contributed by atoms with E-state index in [0.29, 0.717) is 24.5 Å². The maximum Gasteiger partial charge on any atom is 0.234 e. The summed E-state index contributed by atoms with van der Waals surface area (Å²) in [6.07, 6.45) is 8.82. The molecule has 0 bridgehead atoms. The molecular formula is C36H40Br2N2O4. The second-order valence-electron chi connectivity index (χ2n) is 15.2. The molecule has 8 fully saturated rings. The van der Waals surface area contributed by atoms with E-state index in [0.717, 1.165) is 36.8 Å². The number of rotatable bonds is 2. The molecule has 232 valence electrons. The van der Waals surface area contributed by atoms with Gasteiger partial charge in [0.25, 0.3) is 0 Å². The number of alkyl halides is 2. The molecular weight excluding hydrogens is 684 g/mol. The van der Waals surface area contributed by atoms with Crippen molar-refractivity contribution in [2.45, 2.75) is 93.0 Å². The highest BCUT2D eigenvalue weighted by atomic mass is 79.9. The number of nitrogens with zero attached hydrogens (tertiary/aromatic N) is 2. The SMILES string of the molecule is CC1(C)C2(CCC2)[C@@]12CC1CO[C@H](c3ccccc3)N1C2=O.O=C1N2C(CO[C@@H]2c2ccccc2)C[C@]12C(Br)(Br)C21CCC1. The highest BCUT2D eigenvalue weighted by Crippen LogP contribution is 2.90. The monoisotopic (exact) mass is 722 g/mol. The maximum absolute atomic E-state index is 13.4. The van der Waals surface area contributed by atoms with Crippen LogP contribution in [0.3, 0.4) is 0 Å². The number of halogens is 2. The number of hydrogen-bond acceptors (Lipinski definition) is 4. The molecule has 44 heavy (non-hydrogen) atoms. The van der Waals surface area contributed by atoms with Crippen LogP contribution in [0.4, 0.5) is 0 Å². The fraction of sp³-hybridized carbons (Fsp3) is 0.611. The van der Waals surface area contributed by atoms with E-state index in [-0.39, 0.29) is 55.3 Å². The lowest BCUT2D eigenvalue weighted by molar-refractivity contribution is -0.141. The minimum atomic E-state index is -0.264. The van der Waals surface area contributed by atoms with Crippen molar-refractivity contribution in [3.05, 3.63) is 71.8 Å². The zero-order valence-electron chi connectivity index (χ0n) is 25.4. The Morgan fingerprint density at radius 3 is 1.48 bits per heavy atom. The summed E-state index contributed by atoms with van der Waals surface area (Å²) < 4.78 is 11.7. The van der Waals surface area contributed by atoms with Gasteiger partial charge < -0.3 is 19.3 Å². The Morgan fingerprint density at radius 2 is 1.09 bits per heavy atom. The first-order valence-electron chi connectivity index (χ1n) is 16.5. The van der Waals surface area contributed by atoms with Gasteiger partial charge in [0.15, 0.2) is 12.5 Å². The molecule has 4 heterocycles. The van der Waals surface area contributed by atoms with Crippen molar-refractivity contribution >= 4 is 43.7 Å². The van der Waals surface area contributed by atoms with Gasteiger partial charge in [-0.25, -0.2) is 0 Å². The summed E-state index contributed by atoms with van der Waals surface area (Å²) in [5.74, 6) is 0.644. The van der Waals surface area contributed by atoms with E-state index in [2.05, 4.69) is 62.7 Å². The fourth-order valence-electron chi connectivity index (χ4n) is 11.3. The molecule has 8 heteroatoms. The van der Waals surface area contributed by atoms with Crippen molar-refractivity contribution in [1.82, 2.24) is 9.80 Å². The van der Waals surface area contributed by atoms with Crippen LogP contribution in [-0.2, 0) is 19.1 Å². The van der Waals surface area contributed by atoms with Crippen LogP contribution in [0.1, 0.15) is 88.8 Å². The van der Waals surface area contributed by atoms with Crippen LogP contribution >= 0.6 is 31.9 Å². The van der Waals surface area contributed by atoms with E-state index in [4.69, 9.17) is 9.47 Å². The first-order chi connectivity index (χ1) is 21.1. The molecule has 4 aliphatic carbocycles. The predicted molar refractivity (Wildman–Crippen MR) is 173 cm³/mol. The van der Waals surface area contributed by atoms with Gasteiger partial charge in [-0.1, -0.05) is 119 Å². The highest BCUT2D eigenvalue weighted by Gasteiger charge is 2.92. The quantitative estimate of drug-likeness (QED) is 0.302. The molecule has 6 atom stereocenters. The molecule has 8 aliphatic rings. The van der Waals surface area contributed by atoms with Gasteiger partial charge in [0, 0.05) is 16.5 Å². The van der Waals surface area contributed by atoms with E-state index in [9.17, 15) is 9.59 Å². The maximum atomic E-state index is 13.4. The Hall–Kier alpha value is -1.74. The minimum absolute atomic E-state index is 0.0975. The summed E-state index contributed by atoms with van der Waals surface area (Å²) in [6.45, 7) is 5.99. The van der Waals surface area contributed by atoms with Crippen molar-refractivity contribution in [1.29, 1.82) is 0 Å². The van der Waals surface area contributed by atoms with E-state index < -0.39 is 0 Å². The first-order valence-corrected chi connectivity index (χ1v) is 18.1. The molecule has 4 spiro atoms. The van der Waals surface area contributed by atoms with Crippen LogP contribution in [0.5, 0.6) is 0 Å². The summed E-state index contributed by atoms with van der Waals surface area (Å²) in [7, 11) is 0. The number of hydrogen-bond donors (Lipinski definition) is 0. The Balaban J connectivity index is 0.000000123. The number of carbonyl (C=O) groups is 2. The normalized spacial score (nSPS) is 40.1. The number of carbonyl (C=O) groups excluding carboxylic acids is 2. The highest BCUT2D eigenvalue weighted by molar-refractivity contribution is 9.25. The minimum Gasteiger partial charge on any atom is -0.352 e. The molecule has 10 rings (SSSR count). The fourth-order valence-corrected chi connectivity index (χ4v) is 14.0. The molecule has 4 aliphatic heterocycles. The Morgan fingerprint density at radius 1 is 0.659 bits per heavy atom. The number of amides is 2. The second-order valence-corrected chi connectivity index (χ2v) is 18.7. The third kappa shape index (κ3) is 2.98. The van der Waals surface area contributed by atoms with Gasteiger partial charge >= 0.3 is 0 Å². The van der Waals surface area contributed by atoms with Crippen LogP contribution in [-0.4, -0.2) is 50.1 Å². The predicted octanol–water partition coefficient (Wildman–Crippen LogP) is 7.49. The van der Waals surface area contributed by atoms with E-state index in [1.807, 2.05) is 53.4 Å². The molecule has 0 N–H and O–H groups in total. The van der Waals surface area contributed by atoms with Crippen LogP contribution in [0, 0.1) is 27.1 Å². The first kappa shape index (κ1) is 28.5. The third-order valence-corrected chi connectivity index (χ3v) is 16.8. The van der Waals surface area contributed by atoms with E-state index >= 15 is 0 Å². The molecule has 4 saturated heterocycles. The number of ether oxygens (including phenoxy) is 2. The van der Waals surface area contributed by atoms with Gasteiger partial charge in [-0.3, -0.25) is 9.59 Å². The third-order valence-electron chi connectivity index (χ3n) is 14.0. The van der Waals surface area contributed by atoms with Crippen molar-refractivity contribution < 1.29 is 19.1 Å². The lowest BCUT2D eigenvalue weighted by Crippen LogP contribution is -2.35. The molecule has 2 aromatic carbocycles. The molecule has 0 radical (unpaired) electrons. The summed E-state index contributed by atoms with van der Waals surface area (Å²) in [4.78, 5) is 30.9. The average molecular weight is 725 g/mol. The van der Waals surface area contributed by atoms with Crippen molar-refractivity contribution in [2.24, 2.45) is 27.1 Å². The second kappa shape index (κ2) is 8.99. The molecule has 4 saturated carbocycles. The summed E-state index contributed by atoms with van der Waals surface area (Å²) >= 11 is 7.71. The number of fused-ring (bicyclic) bond motifs is 4. The van der Waals surface area contributed by atoms with Gasteiger partial charge in [0.1, 0.15) is 3.23 Å². The molecule has 0 aromatic heterocycles. The Labute approximate surface area is 276 Å². The van der Waals surface area contributed by atoms with Crippen LogP contribution < -0.4 is 0 Å². The van der Waals surface area contributed by atoms with Gasteiger partial charge in [0.05, 0.1) is 36.1 Å². The summed E-state index contributed by atoms with van der Waals surface area (Å²) in [5.41, 5.74) is 2.41. The number of benzene rings is 2. The standard InChI is InChI=1S/C19H23NO2.C17H17Br2NO2/c1-17(2)18(9-6-10-18)19(17)11-14-12-22-15(20(14)16(19)21)13-7-4-3-5-8-13;18-17(19)15(7-4-8-15)16(17)9-12-10-22-13(20(12)14(16)21)11-5-2-1-3-6-11/h3-5,7-8,14-15H,6,9-12H2,1-2H3;1-3,5-6,12-13H,4,7-10H2/t14?,15-,19-;12?,13-,16+/m11/s1. The molecule has 2 unspecified atom stereocenters. The summed E-state index contributed by atoms with van der Waals surface area (Å²) in [6, 6.07) is 20.8. The lowest BCUT2D eigenvalue weighted by atomic mass is 9.73. The zero-order valence-corrected chi connectivity index (χ0v) is 28.6. The molecule has 2 aromatic rings. The van der Waals surface area contributed by atoms with Crippen molar-refractivity contribution in [3.63, 3.8) is 0 Å². The average Bonchev–Trinajstić information content (AvgIpc) is 3.37. The Bertz CT molecular complexity index is 1420. The van der Waals surface area contributed by atoms with Crippen LogP contribution in [0.25, 0.3) is 0 Å². The van der Waals surface area contributed by atoms with Gasteiger partial charge in [-0.15, -0.1) is 0 Å². The van der Waals surface area contributed by atoms with Gasteiger partial charge in [-0.2, -0.15) is 0 Å². The van der Waals surface area contributed by atoms with Crippen LogP contribution in [0.15, 0.2) is 60.7 Å². The molecule has 6 nitrogen and oxygen atoms in total. The van der Waals surface area contributed by atoms with Crippen molar-refractivity contribution in [2.75, 3.05) is 13.2 Å². The van der Waals surface area contributed by atoms with Gasteiger partial charge in [-0.05, 0) is 49.4 Å². The van der Waals surface area contributed by atoms with E-state index in [1.54, 1.807) is 0 Å². The zero-order chi connectivity index (χ0) is 30.3. The smallest absolute Gasteiger partial charge is 0.234 e.